The van der Waals surface area contributed by atoms with E-state index < -0.39 is 5.95 Å². The molecule has 2 aromatic rings. The van der Waals surface area contributed by atoms with Crippen molar-refractivity contribution in [1.29, 1.82) is 5.41 Å². The van der Waals surface area contributed by atoms with Crippen LogP contribution < -0.4 is 5.32 Å². The number of aryl methyl sites for hydroxylation is 2. The molecule has 21 heavy (non-hydrogen) atoms. The Morgan fingerprint density at radius 3 is 2.38 bits per heavy atom. The van der Waals surface area contributed by atoms with E-state index in [1.807, 2.05) is 39.8 Å². The molecule has 2 N–H and O–H groups in total. The predicted molar refractivity (Wildman–Crippen MR) is 87.2 cm³/mol. The SMILES string of the molecule is CC.CC(=N)c1cc(C)cc(C)c1Nc1ccc(F)nc1. The average Bonchev–Trinajstić information content (AvgIpc) is 2.45. The van der Waals surface area contributed by atoms with Gasteiger partial charge in [-0.2, -0.15) is 4.39 Å². The third-order valence-electron chi connectivity index (χ3n) is 2.88. The van der Waals surface area contributed by atoms with Crippen LogP contribution in [-0.4, -0.2) is 10.7 Å². The van der Waals surface area contributed by atoms with Crippen LogP contribution in [0.4, 0.5) is 15.8 Å². The molecule has 1 aromatic carbocycles. The first-order valence-corrected chi connectivity index (χ1v) is 7.02. The molecule has 1 heterocycles. The molecule has 0 saturated carbocycles. The molecule has 0 fully saturated rings. The van der Waals surface area contributed by atoms with E-state index >= 15 is 0 Å². The largest absolute Gasteiger partial charge is 0.354 e. The summed E-state index contributed by atoms with van der Waals surface area (Å²) in [5.74, 6) is -0.505. The smallest absolute Gasteiger partial charge is 0.212 e. The van der Waals surface area contributed by atoms with Crippen LogP contribution in [0.1, 0.15) is 37.5 Å². The summed E-state index contributed by atoms with van der Waals surface area (Å²) >= 11 is 0. The Kier molecular flexibility index (Phi) is 6.03. The minimum atomic E-state index is -0.505. The number of hydrogen-bond donors (Lipinski definition) is 2. The van der Waals surface area contributed by atoms with Gasteiger partial charge in [-0.1, -0.05) is 25.5 Å². The van der Waals surface area contributed by atoms with Crippen molar-refractivity contribution in [2.45, 2.75) is 34.6 Å². The number of nitrogens with one attached hydrogen (secondary N) is 2. The van der Waals surface area contributed by atoms with E-state index in [0.29, 0.717) is 11.4 Å². The molecule has 2 rings (SSSR count). The third-order valence-corrected chi connectivity index (χ3v) is 2.88. The second-order valence-electron chi connectivity index (χ2n) is 4.62. The molecule has 112 valence electrons. The number of hydrogen-bond acceptors (Lipinski definition) is 3. The lowest BCUT2D eigenvalue weighted by Crippen LogP contribution is -2.04. The fourth-order valence-electron chi connectivity index (χ4n) is 2.02. The molecule has 1 aromatic heterocycles. The second kappa shape index (κ2) is 7.53. The van der Waals surface area contributed by atoms with Crippen molar-refractivity contribution in [1.82, 2.24) is 4.98 Å². The van der Waals surface area contributed by atoms with E-state index in [2.05, 4.69) is 10.3 Å². The molecule has 0 aliphatic rings. The maximum Gasteiger partial charge on any atom is 0.212 e. The molecule has 0 radical (unpaired) electrons. The van der Waals surface area contributed by atoms with Gasteiger partial charge in [0.05, 0.1) is 17.6 Å². The Morgan fingerprint density at radius 1 is 1.19 bits per heavy atom. The lowest BCUT2D eigenvalue weighted by Gasteiger charge is -2.15. The van der Waals surface area contributed by atoms with Crippen molar-refractivity contribution in [2.24, 2.45) is 0 Å². The molecule has 0 saturated heterocycles. The summed E-state index contributed by atoms with van der Waals surface area (Å²) in [4.78, 5) is 3.61. The summed E-state index contributed by atoms with van der Waals surface area (Å²) in [6.45, 7) is 9.74. The number of aromatic nitrogens is 1. The van der Waals surface area contributed by atoms with Gasteiger partial charge >= 0.3 is 0 Å². The molecule has 0 aliphatic heterocycles. The van der Waals surface area contributed by atoms with Gasteiger partial charge < -0.3 is 10.7 Å². The standard InChI is InChI=1S/C15H16FN3.C2H6/c1-9-6-10(2)15(13(7-9)11(3)17)19-12-4-5-14(16)18-8-12;1-2/h4-8,17,19H,1-3H3;1-2H3. The van der Waals surface area contributed by atoms with Crippen molar-refractivity contribution >= 4 is 17.1 Å². The van der Waals surface area contributed by atoms with Crippen LogP contribution in [0.2, 0.25) is 0 Å². The zero-order valence-corrected chi connectivity index (χ0v) is 13.2. The van der Waals surface area contributed by atoms with Crippen molar-refractivity contribution in [3.63, 3.8) is 0 Å². The molecule has 0 unspecified atom stereocenters. The Hall–Kier alpha value is -2.23. The highest BCUT2D eigenvalue weighted by Crippen LogP contribution is 2.26. The minimum absolute atomic E-state index is 0.490. The van der Waals surface area contributed by atoms with Crippen LogP contribution in [0.25, 0.3) is 0 Å². The normalized spacial score (nSPS) is 9.62. The highest BCUT2D eigenvalue weighted by molar-refractivity contribution is 6.02. The van der Waals surface area contributed by atoms with E-state index in [1.54, 1.807) is 13.0 Å². The van der Waals surface area contributed by atoms with Crippen LogP contribution >= 0.6 is 0 Å². The van der Waals surface area contributed by atoms with Gasteiger partial charge in [-0.25, -0.2) is 4.98 Å². The maximum atomic E-state index is 12.8. The zero-order valence-electron chi connectivity index (χ0n) is 13.2. The van der Waals surface area contributed by atoms with E-state index in [-0.39, 0.29) is 0 Å². The van der Waals surface area contributed by atoms with Gasteiger partial charge in [0.1, 0.15) is 0 Å². The Balaban J connectivity index is 0.00000106. The summed E-state index contributed by atoms with van der Waals surface area (Å²) in [7, 11) is 0. The van der Waals surface area contributed by atoms with Gasteiger partial charge in [0.2, 0.25) is 5.95 Å². The van der Waals surface area contributed by atoms with Crippen molar-refractivity contribution in [3.8, 4) is 0 Å². The topological polar surface area (TPSA) is 48.8 Å². The van der Waals surface area contributed by atoms with Gasteiger partial charge in [-0.15, -0.1) is 0 Å². The molecular formula is C17H22FN3. The van der Waals surface area contributed by atoms with Gasteiger partial charge in [0.25, 0.3) is 0 Å². The lowest BCUT2D eigenvalue weighted by molar-refractivity contribution is 0.584. The van der Waals surface area contributed by atoms with Crippen molar-refractivity contribution in [2.75, 3.05) is 5.32 Å². The Morgan fingerprint density at radius 2 is 1.86 bits per heavy atom. The van der Waals surface area contributed by atoms with Crippen LogP contribution in [0, 0.1) is 25.2 Å². The summed E-state index contributed by atoms with van der Waals surface area (Å²) < 4.78 is 12.8. The summed E-state index contributed by atoms with van der Waals surface area (Å²) in [6.07, 6.45) is 1.44. The lowest BCUT2D eigenvalue weighted by atomic mass is 10.0. The van der Waals surface area contributed by atoms with Gasteiger partial charge in [-0.3, -0.25) is 0 Å². The predicted octanol–water partition coefficient (Wildman–Crippen LogP) is 5.00. The highest BCUT2D eigenvalue weighted by atomic mass is 19.1. The number of benzene rings is 1. The number of halogens is 1. The van der Waals surface area contributed by atoms with Gasteiger partial charge in [0, 0.05) is 11.3 Å². The van der Waals surface area contributed by atoms with E-state index in [0.717, 1.165) is 22.4 Å². The molecule has 0 aliphatic carbocycles. The first-order chi connectivity index (χ1) is 9.97. The fraction of sp³-hybridized carbons (Fsp3) is 0.294. The quantitative estimate of drug-likeness (QED) is 0.617. The van der Waals surface area contributed by atoms with Crippen molar-refractivity contribution in [3.05, 3.63) is 53.1 Å². The van der Waals surface area contributed by atoms with E-state index in [4.69, 9.17) is 5.41 Å². The van der Waals surface area contributed by atoms with Crippen LogP contribution in [0.5, 0.6) is 0 Å². The molecule has 3 nitrogen and oxygen atoms in total. The summed E-state index contributed by atoms with van der Waals surface area (Å²) in [5.41, 5.74) is 5.07. The van der Waals surface area contributed by atoms with Crippen LogP contribution in [0.3, 0.4) is 0 Å². The Labute approximate surface area is 125 Å². The zero-order chi connectivity index (χ0) is 16.0. The van der Waals surface area contributed by atoms with Gasteiger partial charge in [0.15, 0.2) is 0 Å². The van der Waals surface area contributed by atoms with Crippen LogP contribution in [-0.2, 0) is 0 Å². The molecule has 0 amide bonds. The summed E-state index contributed by atoms with van der Waals surface area (Å²) in [5, 5.41) is 11.1. The monoisotopic (exact) mass is 287 g/mol. The van der Waals surface area contributed by atoms with Crippen molar-refractivity contribution < 1.29 is 4.39 Å². The van der Waals surface area contributed by atoms with Crippen LogP contribution in [0.15, 0.2) is 30.5 Å². The fourth-order valence-corrected chi connectivity index (χ4v) is 2.02. The third kappa shape index (κ3) is 4.38. The highest BCUT2D eigenvalue weighted by Gasteiger charge is 2.09. The first-order valence-electron chi connectivity index (χ1n) is 7.02. The van der Waals surface area contributed by atoms with E-state index in [1.165, 1.54) is 12.3 Å². The Bertz CT molecular complexity index is 619. The second-order valence-corrected chi connectivity index (χ2v) is 4.62. The number of nitrogens with zero attached hydrogens (tertiary/aromatic N) is 1. The molecule has 0 atom stereocenters. The maximum absolute atomic E-state index is 12.8. The molecular weight excluding hydrogens is 265 g/mol. The number of rotatable bonds is 3. The van der Waals surface area contributed by atoms with Gasteiger partial charge in [-0.05, 0) is 44.5 Å². The molecule has 0 bridgehead atoms. The molecule has 0 spiro atoms. The summed E-state index contributed by atoms with van der Waals surface area (Å²) in [6, 6.07) is 6.95. The minimum Gasteiger partial charge on any atom is -0.354 e. The number of pyridine rings is 1. The first kappa shape index (κ1) is 16.8. The molecule has 4 heteroatoms. The average molecular weight is 287 g/mol. The van der Waals surface area contributed by atoms with E-state index in [9.17, 15) is 4.39 Å². The number of anilines is 2.